The lowest BCUT2D eigenvalue weighted by molar-refractivity contribution is -0.133. The van der Waals surface area contributed by atoms with Gasteiger partial charge in [-0.1, -0.05) is 6.92 Å². The molecule has 0 aromatic heterocycles. The van der Waals surface area contributed by atoms with E-state index in [1.54, 1.807) is 0 Å². The van der Waals surface area contributed by atoms with Crippen molar-refractivity contribution >= 4 is 5.91 Å². The molecule has 1 amide bonds. The van der Waals surface area contributed by atoms with Gasteiger partial charge in [-0.25, -0.2) is 0 Å². The van der Waals surface area contributed by atoms with Crippen LogP contribution in [0.1, 0.15) is 32.6 Å². The highest BCUT2D eigenvalue weighted by Crippen LogP contribution is 2.38. The van der Waals surface area contributed by atoms with Gasteiger partial charge in [0.15, 0.2) is 0 Å². The van der Waals surface area contributed by atoms with Crippen LogP contribution in [0.2, 0.25) is 0 Å². The minimum Gasteiger partial charge on any atom is -0.389 e. The highest BCUT2D eigenvalue weighted by Gasteiger charge is 2.39. The molecule has 0 aromatic rings. The van der Waals surface area contributed by atoms with E-state index in [4.69, 9.17) is 10.5 Å². The highest BCUT2D eigenvalue weighted by atomic mass is 16.5. The summed E-state index contributed by atoms with van der Waals surface area (Å²) in [5.74, 6) is 0.656. The maximum Gasteiger partial charge on any atom is 0.227 e. The summed E-state index contributed by atoms with van der Waals surface area (Å²) in [6.45, 7) is 3.05. The average Bonchev–Trinajstić information content (AvgIpc) is 2.38. The summed E-state index contributed by atoms with van der Waals surface area (Å²) in [6, 6.07) is 0. The first-order valence-electron chi connectivity index (χ1n) is 6.69. The summed E-state index contributed by atoms with van der Waals surface area (Å²) in [4.78, 5) is 12.2. The lowest BCUT2D eigenvalue weighted by atomic mass is 9.70. The molecule has 106 valence electrons. The third-order valence-electron chi connectivity index (χ3n) is 3.96. The molecule has 0 radical (unpaired) electrons. The van der Waals surface area contributed by atoms with Gasteiger partial charge in [0.2, 0.25) is 5.91 Å². The molecule has 0 heterocycles. The van der Waals surface area contributed by atoms with Crippen molar-refractivity contribution in [1.82, 2.24) is 5.32 Å². The number of hydrogen-bond donors (Lipinski definition) is 3. The Labute approximate surface area is 109 Å². The van der Waals surface area contributed by atoms with Gasteiger partial charge < -0.3 is 20.9 Å². The second kappa shape index (κ2) is 7.07. The van der Waals surface area contributed by atoms with E-state index in [0.717, 1.165) is 25.7 Å². The van der Waals surface area contributed by atoms with Gasteiger partial charge >= 0.3 is 0 Å². The van der Waals surface area contributed by atoms with E-state index in [9.17, 15) is 9.90 Å². The van der Waals surface area contributed by atoms with Crippen molar-refractivity contribution in [3.05, 3.63) is 0 Å². The third kappa shape index (κ3) is 3.93. The molecule has 0 aliphatic heterocycles. The Bertz CT molecular complexity index is 263. The van der Waals surface area contributed by atoms with E-state index >= 15 is 0 Å². The standard InChI is InChI=1S/C13H26N2O3/c1-10-3-5-13(9-14,6-4-10)12(17)15-7-11(16)8-18-2/h10-11,16H,3-9,14H2,1-2H3,(H,15,17). The number of nitrogens with two attached hydrogens (primary N) is 1. The van der Waals surface area contributed by atoms with E-state index in [2.05, 4.69) is 12.2 Å². The first-order chi connectivity index (χ1) is 8.54. The van der Waals surface area contributed by atoms with Crippen LogP contribution < -0.4 is 11.1 Å². The maximum atomic E-state index is 12.2. The molecular weight excluding hydrogens is 232 g/mol. The van der Waals surface area contributed by atoms with Crippen molar-refractivity contribution in [3.8, 4) is 0 Å². The fourth-order valence-corrected chi connectivity index (χ4v) is 2.49. The number of carbonyl (C=O) groups excluding carboxylic acids is 1. The third-order valence-corrected chi connectivity index (χ3v) is 3.96. The van der Waals surface area contributed by atoms with Crippen molar-refractivity contribution in [2.45, 2.75) is 38.7 Å². The fraction of sp³-hybridized carbons (Fsp3) is 0.923. The molecule has 1 fully saturated rings. The van der Waals surface area contributed by atoms with Crippen LogP contribution in [0.25, 0.3) is 0 Å². The summed E-state index contributed by atoms with van der Waals surface area (Å²) in [5.41, 5.74) is 5.37. The smallest absolute Gasteiger partial charge is 0.227 e. The predicted octanol–water partition coefficient (Wildman–Crippen LogP) is 0.265. The van der Waals surface area contributed by atoms with Crippen molar-refractivity contribution < 1.29 is 14.6 Å². The van der Waals surface area contributed by atoms with Gasteiger partial charge in [-0.2, -0.15) is 0 Å². The quantitative estimate of drug-likeness (QED) is 0.638. The van der Waals surface area contributed by atoms with Crippen LogP contribution in [0.4, 0.5) is 0 Å². The van der Waals surface area contributed by atoms with E-state index in [1.165, 1.54) is 7.11 Å². The van der Waals surface area contributed by atoms with Gasteiger partial charge in [0.25, 0.3) is 0 Å². The molecule has 5 nitrogen and oxygen atoms in total. The molecule has 18 heavy (non-hydrogen) atoms. The molecule has 0 bridgehead atoms. The second-order valence-electron chi connectivity index (χ2n) is 5.49. The molecule has 0 aromatic carbocycles. The summed E-state index contributed by atoms with van der Waals surface area (Å²) >= 11 is 0. The average molecular weight is 258 g/mol. The molecule has 5 heteroatoms. The van der Waals surface area contributed by atoms with Gasteiger partial charge in [-0.15, -0.1) is 0 Å². The first kappa shape index (κ1) is 15.4. The lowest BCUT2D eigenvalue weighted by Crippen LogP contribution is -2.49. The Balaban J connectivity index is 2.47. The Morgan fingerprint density at radius 2 is 2.17 bits per heavy atom. The Morgan fingerprint density at radius 3 is 2.67 bits per heavy atom. The van der Waals surface area contributed by atoms with Crippen molar-refractivity contribution in [1.29, 1.82) is 0 Å². The van der Waals surface area contributed by atoms with E-state index in [-0.39, 0.29) is 19.1 Å². The van der Waals surface area contributed by atoms with Crippen molar-refractivity contribution in [2.75, 3.05) is 26.8 Å². The zero-order chi connectivity index (χ0) is 13.6. The lowest BCUT2D eigenvalue weighted by Gasteiger charge is -2.37. The van der Waals surface area contributed by atoms with Crippen molar-refractivity contribution in [2.24, 2.45) is 17.1 Å². The number of amides is 1. The van der Waals surface area contributed by atoms with Gasteiger partial charge in [0, 0.05) is 20.2 Å². The molecule has 1 saturated carbocycles. The number of methoxy groups -OCH3 is 1. The molecule has 1 atom stereocenters. The van der Waals surface area contributed by atoms with Crippen LogP contribution >= 0.6 is 0 Å². The molecule has 0 saturated heterocycles. The van der Waals surface area contributed by atoms with Crippen LogP contribution in [0.3, 0.4) is 0 Å². The fourth-order valence-electron chi connectivity index (χ4n) is 2.49. The molecular formula is C13H26N2O3. The summed E-state index contributed by atoms with van der Waals surface area (Å²) in [5, 5.41) is 12.3. The summed E-state index contributed by atoms with van der Waals surface area (Å²) < 4.78 is 4.82. The number of hydrogen-bond acceptors (Lipinski definition) is 4. The minimum absolute atomic E-state index is 0.0212. The summed E-state index contributed by atoms with van der Waals surface area (Å²) in [7, 11) is 1.52. The van der Waals surface area contributed by atoms with E-state index < -0.39 is 11.5 Å². The Morgan fingerprint density at radius 1 is 1.56 bits per heavy atom. The largest absolute Gasteiger partial charge is 0.389 e. The number of ether oxygens (including phenoxy) is 1. The number of carbonyl (C=O) groups is 1. The molecule has 0 spiro atoms. The molecule has 4 N–H and O–H groups in total. The number of rotatable bonds is 6. The van der Waals surface area contributed by atoms with Gasteiger partial charge in [-0.05, 0) is 31.6 Å². The van der Waals surface area contributed by atoms with Crippen LogP contribution in [0.15, 0.2) is 0 Å². The van der Waals surface area contributed by atoms with E-state index in [1.807, 2.05) is 0 Å². The van der Waals surface area contributed by atoms with Crippen LogP contribution in [0, 0.1) is 11.3 Å². The maximum absolute atomic E-state index is 12.2. The second-order valence-corrected chi connectivity index (χ2v) is 5.49. The predicted molar refractivity (Wildman–Crippen MR) is 70.0 cm³/mol. The number of aliphatic hydroxyl groups excluding tert-OH is 1. The minimum atomic E-state index is -0.656. The number of nitrogens with one attached hydrogen (secondary N) is 1. The SMILES string of the molecule is COCC(O)CNC(=O)C1(CN)CCC(C)CC1. The zero-order valence-corrected chi connectivity index (χ0v) is 11.4. The molecule has 1 aliphatic rings. The van der Waals surface area contributed by atoms with Crippen LogP contribution in [0.5, 0.6) is 0 Å². The molecule has 1 rings (SSSR count). The monoisotopic (exact) mass is 258 g/mol. The normalized spacial score (nSPS) is 29.9. The Kier molecular flexibility index (Phi) is 6.05. The topological polar surface area (TPSA) is 84.6 Å². The Hall–Kier alpha value is -0.650. The van der Waals surface area contributed by atoms with Gasteiger partial charge in [0.1, 0.15) is 0 Å². The summed E-state index contributed by atoms with van der Waals surface area (Å²) in [6.07, 6.45) is 3.13. The van der Waals surface area contributed by atoms with Crippen LogP contribution in [-0.4, -0.2) is 43.9 Å². The van der Waals surface area contributed by atoms with Crippen LogP contribution in [-0.2, 0) is 9.53 Å². The number of aliphatic hydroxyl groups is 1. The first-order valence-corrected chi connectivity index (χ1v) is 6.69. The van der Waals surface area contributed by atoms with Gasteiger partial charge in [0.05, 0.1) is 18.1 Å². The zero-order valence-electron chi connectivity index (χ0n) is 11.4. The van der Waals surface area contributed by atoms with E-state index in [0.29, 0.717) is 12.5 Å². The van der Waals surface area contributed by atoms with Gasteiger partial charge in [-0.3, -0.25) is 4.79 Å². The highest BCUT2D eigenvalue weighted by molar-refractivity contribution is 5.83. The molecule has 1 unspecified atom stereocenters. The molecule has 1 aliphatic carbocycles. The van der Waals surface area contributed by atoms with Crippen molar-refractivity contribution in [3.63, 3.8) is 0 Å².